The van der Waals surface area contributed by atoms with Crippen LogP contribution >= 0.6 is 0 Å². The third-order valence-electron chi connectivity index (χ3n) is 2.82. The highest BCUT2D eigenvalue weighted by molar-refractivity contribution is 5.76. The number of carbonyl (C=O) groups is 2. The number of nitrogens with one attached hydrogen (secondary N) is 1. The lowest BCUT2D eigenvalue weighted by Crippen LogP contribution is -2.30. The average molecular weight is 254 g/mol. The number of hydrogen-bond donors (Lipinski definition) is 2. The van der Waals surface area contributed by atoms with Crippen LogP contribution < -0.4 is 11.1 Å². The second-order valence-corrected chi connectivity index (χ2v) is 5.63. The molecule has 0 aliphatic heterocycles. The topological polar surface area (TPSA) is 81.4 Å². The minimum atomic E-state index is -0.494. The number of alkyl carbamates (subject to hydrolysis) is 1. The van der Waals surface area contributed by atoms with Crippen molar-refractivity contribution in [2.45, 2.75) is 52.1 Å². The largest absolute Gasteiger partial charge is 0.444 e. The van der Waals surface area contributed by atoms with Gasteiger partial charge in [-0.3, -0.25) is 10.1 Å². The van der Waals surface area contributed by atoms with E-state index < -0.39 is 11.7 Å². The van der Waals surface area contributed by atoms with E-state index in [0.29, 0.717) is 0 Å². The zero-order chi connectivity index (χ0) is 13.8. The van der Waals surface area contributed by atoms with Crippen LogP contribution in [0.3, 0.4) is 0 Å². The number of rotatable bonds is 2. The maximum atomic E-state index is 11.4. The summed E-state index contributed by atoms with van der Waals surface area (Å²) in [5.41, 5.74) is 5.89. The van der Waals surface area contributed by atoms with Gasteiger partial charge in [0.2, 0.25) is 5.91 Å². The summed E-state index contributed by atoms with van der Waals surface area (Å²) in [5.74, 6) is -0.252. The van der Waals surface area contributed by atoms with Gasteiger partial charge in [0.1, 0.15) is 5.60 Å². The molecule has 0 aromatic heterocycles. The Hall–Kier alpha value is -1.52. The summed E-state index contributed by atoms with van der Waals surface area (Å²) >= 11 is 0. The van der Waals surface area contributed by atoms with Crippen molar-refractivity contribution >= 4 is 12.0 Å². The van der Waals surface area contributed by atoms with Crippen molar-refractivity contribution in [3.63, 3.8) is 0 Å². The Morgan fingerprint density at radius 3 is 2.33 bits per heavy atom. The summed E-state index contributed by atoms with van der Waals surface area (Å²) in [7, 11) is 0. The molecule has 1 rings (SSSR count). The van der Waals surface area contributed by atoms with Crippen LogP contribution in [0.15, 0.2) is 11.8 Å². The van der Waals surface area contributed by atoms with Gasteiger partial charge in [-0.2, -0.15) is 0 Å². The molecule has 0 saturated heterocycles. The maximum Gasteiger partial charge on any atom is 0.411 e. The fourth-order valence-electron chi connectivity index (χ4n) is 1.89. The van der Waals surface area contributed by atoms with Crippen LogP contribution in [0.5, 0.6) is 0 Å². The van der Waals surface area contributed by atoms with Gasteiger partial charge in [-0.1, -0.05) is 5.57 Å². The van der Waals surface area contributed by atoms with E-state index in [4.69, 9.17) is 10.5 Å². The van der Waals surface area contributed by atoms with Gasteiger partial charge < -0.3 is 10.5 Å². The highest BCUT2D eigenvalue weighted by Gasteiger charge is 2.21. The maximum absolute atomic E-state index is 11.4. The minimum absolute atomic E-state index is 0.0244. The molecule has 3 N–H and O–H groups in total. The van der Waals surface area contributed by atoms with E-state index in [2.05, 4.69) is 5.32 Å². The summed E-state index contributed by atoms with van der Waals surface area (Å²) in [6.45, 7) is 5.45. The van der Waals surface area contributed by atoms with Gasteiger partial charge in [-0.25, -0.2) is 4.79 Å². The van der Waals surface area contributed by atoms with Crippen LogP contribution in [0, 0.1) is 5.92 Å². The van der Waals surface area contributed by atoms with Gasteiger partial charge in [0.25, 0.3) is 0 Å². The molecule has 0 radical (unpaired) electrons. The van der Waals surface area contributed by atoms with E-state index >= 15 is 0 Å². The van der Waals surface area contributed by atoms with Gasteiger partial charge in [0.05, 0.1) is 0 Å². The lowest BCUT2D eigenvalue weighted by Gasteiger charge is -2.22. The molecule has 0 spiro atoms. The Kier molecular flexibility index (Phi) is 4.76. The van der Waals surface area contributed by atoms with Crippen molar-refractivity contribution in [3.8, 4) is 0 Å². The van der Waals surface area contributed by atoms with Gasteiger partial charge in [-0.05, 0) is 46.5 Å². The highest BCUT2D eigenvalue weighted by Crippen LogP contribution is 2.27. The first-order chi connectivity index (χ1) is 8.28. The first-order valence-electron chi connectivity index (χ1n) is 6.24. The Bertz CT molecular complexity index is 346. The molecule has 1 saturated carbocycles. The molecule has 0 aromatic rings. The van der Waals surface area contributed by atoms with Crippen LogP contribution in [0.1, 0.15) is 46.5 Å². The van der Waals surface area contributed by atoms with Crippen molar-refractivity contribution < 1.29 is 14.3 Å². The van der Waals surface area contributed by atoms with Crippen molar-refractivity contribution in [1.29, 1.82) is 0 Å². The Morgan fingerprint density at radius 2 is 1.89 bits per heavy atom. The van der Waals surface area contributed by atoms with Crippen LogP contribution in [0.4, 0.5) is 4.79 Å². The second kappa shape index (κ2) is 5.89. The second-order valence-electron chi connectivity index (χ2n) is 5.63. The molecule has 5 nitrogen and oxygen atoms in total. The molecule has 1 aliphatic carbocycles. The molecule has 0 heterocycles. The summed E-state index contributed by atoms with van der Waals surface area (Å²) < 4.78 is 5.12. The van der Waals surface area contributed by atoms with E-state index in [0.717, 1.165) is 31.3 Å². The normalized spacial score (nSPS) is 20.2. The fraction of sp³-hybridized carbons (Fsp3) is 0.692. The standard InChI is InChI=1S/C13H22N2O3/c1-13(2,3)18-12(17)15-8-9-4-6-10(7-5-9)11(14)16/h8,10H,4-7H2,1-3H3,(H2,14,16)(H,15,17). The quantitative estimate of drug-likeness (QED) is 0.791. The lowest BCUT2D eigenvalue weighted by molar-refractivity contribution is -0.122. The van der Waals surface area contributed by atoms with E-state index in [9.17, 15) is 9.59 Å². The van der Waals surface area contributed by atoms with Crippen molar-refractivity contribution in [2.75, 3.05) is 0 Å². The summed E-state index contributed by atoms with van der Waals surface area (Å²) in [5, 5.41) is 2.61. The predicted octanol–water partition coefficient (Wildman–Crippen LogP) is 2.07. The number of nitrogens with two attached hydrogens (primary N) is 1. The van der Waals surface area contributed by atoms with Crippen molar-refractivity contribution in [2.24, 2.45) is 11.7 Å². The third-order valence-corrected chi connectivity index (χ3v) is 2.82. The fourth-order valence-corrected chi connectivity index (χ4v) is 1.89. The third kappa shape index (κ3) is 5.21. The first kappa shape index (κ1) is 14.5. The predicted molar refractivity (Wildman–Crippen MR) is 68.6 cm³/mol. The van der Waals surface area contributed by atoms with Crippen molar-refractivity contribution in [3.05, 3.63) is 11.8 Å². The van der Waals surface area contributed by atoms with Gasteiger partial charge >= 0.3 is 6.09 Å². The number of carbonyl (C=O) groups excluding carboxylic acids is 2. The number of ether oxygens (including phenoxy) is 1. The molecule has 0 unspecified atom stereocenters. The van der Waals surface area contributed by atoms with E-state index in [1.54, 1.807) is 6.20 Å². The SMILES string of the molecule is CC(C)(C)OC(=O)NC=C1CCC(C(N)=O)CC1. The molecular formula is C13H22N2O3. The molecule has 18 heavy (non-hydrogen) atoms. The lowest BCUT2D eigenvalue weighted by atomic mass is 9.86. The van der Waals surface area contributed by atoms with Crippen LogP contribution in [-0.2, 0) is 9.53 Å². The molecular weight excluding hydrogens is 232 g/mol. The summed E-state index contributed by atoms with van der Waals surface area (Å²) in [4.78, 5) is 22.4. The van der Waals surface area contributed by atoms with Crippen LogP contribution in [0.2, 0.25) is 0 Å². The Balaban J connectivity index is 2.37. The van der Waals surface area contributed by atoms with E-state index in [-0.39, 0.29) is 11.8 Å². The van der Waals surface area contributed by atoms with Gasteiger partial charge in [0, 0.05) is 12.1 Å². The molecule has 0 bridgehead atoms. The summed E-state index contributed by atoms with van der Waals surface area (Å²) in [6.07, 6.45) is 4.35. The average Bonchev–Trinajstić information content (AvgIpc) is 2.24. The molecule has 0 aromatic carbocycles. The highest BCUT2D eigenvalue weighted by atomic mass is 16.6. The zero-order valence-electron chi connectivity index (χ0n) is 11.3. The number of allylic oxidation sites excluding steroid dienone is 1. The molecule has 5 heteroatoms. The number of hydrogen-bond acceptors (Lipinski definition) is 3. The zero-order valence-corrected chi connectivity index (χ0v) is 11.3. The molecule has 0 atom stereocenters. The van der Waals surface area contributed by atoms with Crippen molar-refractivity contribution in [1.82, 2.24) is 5.32 Å². The molecule has 1 fully saturated rings. The Labute approximate surface area is 108 Å². The number of amides is 2. The smallest absolute Gasteiger partial charge is 0.411 e. The van der Waals surface area contributed by atoms with E-state index in [1.807, 2.05) is 20.8 Å². The van der Waals surface area contributed by atoms with Gasteiger partial charge in [0.15, 0.2) is 0 Å². The monoisotopic (exact) mass is 254 g/mol. The molecule has 102 valence electrons. The van der Waals surface area contributed by atoms with E-state index in [1.165, 1.54) is 0 Å². The number of primary amides is 1. The minimum Gasteiger partial charge on any atom is -0.444 e. The summed E-state index contributed by atoms with van der Waals surface area (Å²) in [6, 6.07) is 0. The van der Waals surface area contributed by atoms with Gasteiger partial charge in [-0.15, -0.1) is 0 Å². The first-order valence-corrected chi connectivity index (χ1v) is 6.24. The molecule has 2 amide bonds. The van der Waals surface area contributed by atoms with Crippen LogP contribution in [0.25, 0.3) is 0 Å². The van der Waals surface area contributed by atoms with Crippen LogP contribution in [-0.4, -0.2) is 17.6 Å². The Morgan fingerprint density at radius 1 is 1.33 bits per heavy atom. The molecule has 1 aliphatic rings.